The molecule has 3 aliphatic rings. The van der Waals surface area contributed by atoms with E-state index in [9.17, 15) is 9.90 Å². The lowest BCUT2D eigenvalue weighted by Gasteiger charge is -2.41. The quantitative estimate of drug-likeness (QED) is 0.859. The fourth-order valence-corrected chi connectivity index (χ4v) is 4.75. The van der Waals surface area contributed by atoms with Crippen molar-refractivity contribution in [3.63, 3.8) is 0 Å². The standard InChI is InChI=1S/C16H28N2O2/c1-11(2)16(15(19)20)6-7-18(10-16)14-8-12-4-5-13(9-14)17(12)3/h11-14H,4-10H2,1-3H3,(H,19,20). The predicted molar refractivity (Wildman–Crippen MR) is 78.7 cm³/mol. The number of fused-ring (bicyclic) bond motifs is 2. The van der Waals surface area contributed by atoms with E-state index < -0.39 is 11.4 Å². The molecule has 3 heterocycles. The highest BCUT2D eigenvalue weighted by Gasteiger charge is 2.50. The Morgan fingerprint density at radius 3 is 2.25 bits per heavy atom. The van der Waals surface area contributed by atoms with E-state index >= 15 is 0 Å². The summed E-state index contributed by atoms with van der Waals surface area (Å²) in [5.74, 6) is -0.376. The van der Waals surface area contributed by atoms with Crippen LogP contribution in [0.1, 0.15) is 46.0 Å². The van der Waals surface area contributed by atoms with Gasteiger partial charge in [0.15, 0.2) is 0 Å². The first-order chi connectivity index (χ1) is 9.44. The first-order valence-electron chi connectivity index (χ1n) is 8.13. The lowest BCUT2D eigenvalue weighted by molar-refractivity contribution is -0.151. The molecular formula is C16H28N2O2. The summed E-state index contributed by atoms with van der Waals surface area (Å²) < 4.78 is 0. The predicted octanol–water partition coefficient (Wildman–Crippen LogP) is 2.04. The van der Waals surface area contributed by atoms with Crippen LogP contribution in [0.5, 0.6) is 0 Å². The van der Waals surface area contributed by atoms with E-state index in [1.54, 1.807) is 0 Å². The van der Waals surface area contributed by atoms with Crippen LogP contribution in [0.4, 0.5) is 0 Å². The van der Waals surface area contributed by atoms with E-state index in [0.717, 1.165) is 31.6 Å². The van der Waals surface area contributed by atoms with Crippen LogP contribution in [0.25, 0.3) is 0 Å². The molecule has 0 aromatic rings. The smallest absolute Gasteiger partial charge is 0.311 e. The molecule has 3 fully saturated rings. The zero-order chi connectivity index (χ0) is 14.5. The monoisotopic (exact) mass is 280 g/mol. The molecule has 4 nitrogen and oxygen atoms in total. The van der Waals surface area contributed by atoms with Crippen molar-refractivity contribution in [3.8, 4) is 0 Å². The van der Waals surface area contributed by atoms with E-state index in [2.05, 4.69) is 30.7 Å². The zero-order valence-electron chi connectivity index (χ0n) is 13.0. The van der Waals surface area contributed by atoms with Gasteiger partial charge in [-0.3, -0.25) is 9.69 Å². The Hall–Kier alpha value is -0.610. The summed E-state index contributed by atoms with van der Waals surface area (Å²) in [7, 11) is 2.26. The Balaban J connectivity index is 1.70. The second-order valence-corrected chi connectivity index (χ2v) is 7.51. The fourth-order valence-electron chi connectivity index (χ4n) is 4.75. The molecule has 3 atom stereocenters. The molecule has 3 saturated heterocycles. The van der Waals surface area contributed by atoms with E-state index in [0.29, 0.717) is 6.04 Å². The van der Waals surface area contributed by atoms with Gasteiger partial charge >= 0.3 is 5.97 Å². The maximum atomic E-state index is 11.8. The minimum atomic E-state index is -0.592. The van der Waals surface area contributed by atoms with Gasteiger partial charge in [-0.25, -0.2) is 0 Å². The molecule has 20 heavy (non-hydrogen) atoms. The van der Waals surface area contributed by atoms with Crippen molar-refractivity contribution in [2.24, 2.45) is 11.3 Å². The van der Waals surface area contributed by atoms with E-state index in [1.807, 2.05) is 0 Å². The maximum absolute atomic E-state index is 11.8. The number of aliphatic carboxylic acids is 1. The summed E-state index contributed by atoms with van der Waals surface area (Å²) in [5, 5.41) is 9.67. The van der Waals surface area contributed by atoms with Crippen LogP contribution in [-0.2, 0) is 4.79 Å². The second-order valence-electron chi connectivity index (χ2n) is 7.51. The van der Waals surface area contributed by atoms with Gasteiger partial charge in [-0.2, -0.15) is 0 Å². The van der Waals surface area contributed by atoms with Crippen LogP contribution in [0.15, 0.2) is 0 Å². The molecule has 114 valence electrons. The number of hydrogen-bond acceptors (Lipinski definition) is 3. The Morgan fingerprint density at radius 1 is 1.20 bits per heavy atom. The van der Waals surface area contributed by atoms with E-state index in [-0.39, 0.29) is 5.92 Å². The largest absolute Gasteiger partial charge is 0.481 e. The molecule has 2 bridgehead atoms. The van der Waals surface area contributed by atoms with E-state index in [4.69, 9.17) is 0 Å². The highest BCUT2D eigenvalue weighted by atomic mass is 16.4. The minimum absolute atomic E-state index is 0.216. The SMILES string of the molecule is CC(C)C1(C(=O)O)CCN(C2CC3CCC(C2)N3C)C1. The van der Waals surface area contributed by atoms with Gasteiger partial charge in [0.2, 0.25) is 0 Å². The van der Waals surface area contributed by atoms with Crippen LogP contribution >= 0.6 is 0 Å². The summed E-state index contributed by atoms with van der Waals surface area (Å²) in [6, 6.07) is 2.08. The number of nitrogens with zero attached hydrogens (tertiary/aromatic N) is 2. The van der Waals surface area contributed by atoms with Crippen LogP contribution < -0.4 is 0 Å². The normalized spacial score (nSPS) is 42.5. The first-order valence-corrected chi connectivity index (χ1v) is 8.13. The molecular weight excluding hydrogens is 252 g/mol. The van der Waals surface area contributed by atoms with Crippen molar-refractivity contribution < 1.29 is 9.90 Å². The fraction of sp³-hybridized carbons (Fsp3) is 0.938. The molecule has 0 aromatic carbocycles. The van der Waals surface area contributed by atoms with Gasteiger partial charge in [-0.05, 0) is 51.6 Å². The van der Waals surface area contributed by atoms with Crippen molar-refractivity contribution in [3.05, 3.63) is 0 Å². The molecule has 1 N–H and O–H groups in total. The second kappa shape index (κ2) is 4.99. The topological polar surface area (TPSA) is 43.8 Å². The Labute approximate surface area is 122 Å². The Kier molecular flexibility index (Phi) is 3.57. The third-order valence-corrected chi connectivity index (χ3v) is 6.45. The summed E-state index contributed by atoms with van der Waals surface area (Å²) in [4.78, 5) is 16.8. The molecule has 3 unspecified atom stereocenters. The van der Waals surface area contributed by atoms with Crippen molar-refractivity contribution in [1.29, 1.82) is 0 Å². The molecule has 0 spiro atoms. The summed E-state index contributed by atoms with van der Waals surface area (Å²) in [6.07, 6.45) is 5.96. The number of carboxylic acids is 1. The Morgan fingerprint density at radius 2 is 1.80 bits per heavy atom. The van der Waals surface area contributed by atoms with Crippen LogP contribution in [0.3, 0.4) is 0 Å². The van der Waals surface area contributed by atoms with Crippen molar-refractivity contribution in [2.75, 3.05) is 20.1 Å². The molecule has 0 amide bonds. The van der Waals surface area contributed by atoms with Gasteiger partial charge in [0.1, 0.15) is 0 Å². The number of rotatable bonds is 3. The summed E-state index contributed by atoms with van der Waals surface area (Å²) >= 11 is 0. The maximum Gasteiger partial charge on any atom is 0.311 e. The molecule has 0 radical (unpaired) electrons. The molecule has 0 aliphatic carbocycles. The lowest BCUT2D eigenvalue weighted by Crippen LogP contribution is -2.49. The zero-order valence-corrected chi connectivity index (χ0v) is 13.0. The summed E-state index contributed by atoms with van der Waals surface area (Å²) in [5.41, 5.74) is -0.512. The lowest BCUT2D eigenvalue weighted by atomic mass is 9.76. The highest BCUT2D eigenvalue weighted by molar-refractivity contribution is 5.75. The molecule has 4 heteroatoms. The van der Waals surface area contributed by atoms with Gasteiger partial charge in [0.25, 0.3) is 0 Å². The van der Waals surface area contributed by atoms with Crippen LogP contribution in [-0.4, -0.2) is 59.1 Å². The number of carbonyl (C=O) groups is 1. The number of likely N-dealkylation sites (tertiary alicyclic amines) is 1. The third kappa shape index (κ3) is 2.08. The van der Waals surface area contributed by atoms with Gasteiger partial charge in [0, 0.05) is 24.7 Å². The Bertz CT molecular complexity index is 384. The number of carboxylic acid groups (broad SMARTS) is 1. The molecule has 3 aliphatic heterocycles. The summed E-state index contributed by atoms with van der Waals surface area (Å²) in [6.45, 7) is 5.86. The average Bonchev–Trinajstić information content (AvgIpc) is 2.90. The van der Waals surface area contributed by atoms with Crippen molar-refractivity contribution in [2.45, 2.75) is 64.1 Å². The minimum Gasteiger partial charge on any atom is -0.481 e. The van der Waals surface area contributed by atoms with Crippen LogP contribution in [0.2, 0.25) is 0 Å². The molecule has 3 rings (SSSR count). The molecule has 0 saturated carbocycles. The average molecular weight is 280 g/mol. The highest BCUT2D eigenvalue weighted by Crippen LogP contribution is 2.43. The number of hydrogen-bond donors (Lipinski definition) is 1. The first kappa shape index (κ1) is 14.3. The number of piperidine rings is 1. The molecule has 0 aromatic heterocycles. The van der Waals surface area contributed by atoms with Crippen molar-refractivity contribution in [1.82, 2.24) is 9.80 Å². The van der Waals surface area contributed by atoms with Gasteiger partial charge in [-0.15, -0.1) is 0 Å². The van der Waals surface area contributed by atoms with E-state index in [1.165, 1.54) is 25.7 Å². The third-order valence-electron chi connectivity index (χ3n) is 6.45. The van der Waals surface area contributed by atoms with Crippen LogP contribution in [0, 0.1) is 11.3 Å². The van der Waals surface area contributed by atoms with Gasteiger partial charge in [-0.1, -0.05) is 13.8 Å². The van der Waals surface area contributed by atoms with Gasteiger partial charge < -0.3 is 10.0 Å². The van der Waals surface area contributed by atoms with Gasteiger partial charge in [0.05, 0.1) is 5.41 Å². The van der Waals surface area contributed by atoms with Crippen molar-refractivity contribution >= 4 is 5.97 Å².